The second-order valence-electron chi connectivity index (χ2n) is 20.1. The van der Waals surface area contributed by atoms with Crippen LogP contribution in [-0.2, 0) is 58.9 Å². The molecule has 1 unspecified atom stereocenters. The van der Waals surface area contributed by atoms with Crippen LogP contribution in [0.4, 0.5) is 4.79 Å². The van der Waals surface area contributed by atoms with Crippen LogP contribution in [0, 0.1) is 22.7 Å². The lowest BCUT2D eigenvalue weighted by molar-refractivity contribution is -0.351. The molecule has 6 aliphatic rings. The number of ether oxygens (including phenoxy) is 7. The number of esters is 3. The number of nitrogens with one attached hydrogen (secondary N) is 1. The van der Waals surface area contributed by atoms with Crippen molar-refractivity contribution in [1.29, 1.82) is 0 Å². The molecule has 2 bridgehead atoms. The Morgan fingerprint density at radius 2 is 1.66 bits per heavy atom. The number of fused-ring (bicyclic) bond motifs is 5. The van der Waals surface area contributed by atoms with Gasteiger partial charge in [-0.3, -0.25) is 14.4 Å². The van der Waals surface area contributed by atoms with Crippen LogP contribution in [0.2, 0.25) is 0 Å². The molecule has 4 N–H and O–H groups in total. The maximum Gasteiger partial charge on any atom is 0.408 e. The monoisotopic (exact) mass is 855 g/mol. The van der Waals surface area contributed by atoms with Crippen molar-refractivity contribution in [2.75, 3.05) is 6.61 Å². The Hall–Kier alpha value is -3.93. The van der Waals surface area contributed by atoms with Gasteiger partial charge >= 0.3 is 24.0 Å². The van der Waals surface area contributed by atoms with E-state index in [1.54, 1.807) is 55.4 Å². The number of benzene rings is 1. The highest BCUT2D eigenvalue weighted by Gasteiger charge is 2.78. The third-order valence-electron chi connectivity index (χ3n) is 14.0. The van der Waals surface area contributed by atoms with E-state index in [0.717, 1.165) is 0 Å². The molecule has 0 radical (unpaired) electrons. The summed E-state index contributed by atoms with van der Waals surface area (Å²) in [7, 11) is 0. The number of ketones is 1. The van der Waals surface area contributed by atoms with E-state index in [0.29, 0.717) is 18.4 Å². The average molecular weight is 856 g/mol. The second-order valence-corrected chi connectivity index (χ2v) is 20.1. The summed E-state index contributed by atoms with van der Waals surface area (Å²) in [5.41, 5.74) is -7.74. The molecule has 1 aromatic carbocycles. The maximum atomic E-state index is 15.7. The minimum Gasteiger partial charge on any atom is -0.456 e. The van der Waals surface area contributed by atoms with Gasteiger partial charge in [-0.25, -0.2) is 9.59 Å². The van der Waals surface area contributed by atoms with E-state index in [2.05, 4.69) is 5.32 Å². The number of aliphatic hydroxyl groups excluding tert-OH is 2. The molecule has 5 fully saturated rings. The Morgan fingerprint density at radius 3 is 2.20 bits per heavy atom. The molecule has 7 rings (SSSR count). The average Bonchev–Trinajstić information content (AvgIpc) is 4.10. The van der Waals surface area contributed by atoms with Crippen molar-refractivity contribution in [3.05, 3.63) is 47.0 Å². The van der Waals surface area contributed by atoms with E-state index in [-0.39, 0.29) is 37.2 Å². The van der Waals surface area contributed by atoms with E-state index < -0.39 is 124 Å². The highest BCUT2D eigenvalue weighted by Crippen LogP contribution is 2.64. The van der Waals surface area contributed by atoms with Gasteiger partial charge in [-0.1, -0.05) is 44.2 Å². The molecule has 4 aliphatic carbocycles. The Bertz CT molecular complexity index is 1970. The van der Waals surface area contributed by atoms with Gasteiger partial charge in [-0.2, -0.15) is 0 Å². The van der Waals surface area contributed by atoms with Crippen molar-refractivity contribution in [1.82, 2.24) is 5.32 Å². The fraction of sp³-hybridized carbons (Fsp3) is 0.711. The first kappa shape index (κ1) is 45.1. The van der Waals surface area contributed by atoms with Gasteiger partial charge in [-0.05, 0) is 78.0 Å². The minimum atomic E-state index is -2.15. The number of Topliss-reactive ketones (excluding diaryl/α,β-unsaturated/α-hetero) is 1. The van der Waals surface area contributed by atoms with Gasteiger partial charge in [0.1, 0.15) is 29.5 Å². The Morgan fingerprint density at radius 1 is 1.02 bits per heavy atom. The molecule has 3 saturated carbocycles. The van der Waals surface area contributed by atoms with Crippen LogP contribution in [-0.4, -0.2) is 123 Å². The summed E-state index contributed by atoms with van der Waals surface area (Å²) >= 11 is 0. The van der Waals surface area contributed by atoms with Crippen LogP contribution in [0.25, 0.3) is 0 Å². The molecule has 2 saturated heterocycles. The molecular weight excluding hydrogens is 794 g/mol. The highest BCUT2D eigenvalue weighted by molar-refractivity contribution is 5.95. The summed E-state index contributed by atoms with van der Waals surface area (Å²) in [6.07, 6.45) is -9.98. The zero-order valence-electron chi connectivity index (χ0n) is 36.6. The summed E-state index contributed by atoms with van der Waals surface area (Å²) in [5.74, 6) is -5.00. The van der Waals surface area contributed by atoms with Crippen molar-refractivity contribution in [2.45, 2.75) is 173 Å². The molecule has 2 heterocycles. The maximum absolute atomic E-state index is 15.7. The van der Waals surface area contributed by atoms with Gasteiger partial charge in [-0.15, -0.1) is 0 Å². The lowest BCUT2D eigenvalue weighted by atomic mass is 9.44. The van der Waals surface area contributed by atoms with Crippen LogP contribution >= 0.6 is 0 Å². The van der Waals surface area contributed by atoms with E-state index in [4.69, 9.17) is 33.2 Å². The lowest BCUT2D eigenvalue weighted by Crippen LogP contribution is -2.81. The van der Waals surface area contributed by atoms with Crippen LogP contribution in [0.3, 0.4) is 0 Å². The number of hydrogen-bond acceptors (Lipinski definition) is 15. The smallest absolute Gasteiger partial charge is 0.408 e. The first-order chi connectivity index (χ1) is 28.3. The predicted octanol–water partition coefficient (Wildman–Crippen LogP) is 3.39. The topological polar surface area (TPSA) is 226 Å². The predicted molar refractivity (Wildman–Crippen MR) is 213 cm³/mol. The third kappa shape index (κ3) is 7.79. The largest absolute Gasteiger partial charge is 0.456 e. The second kappa shape index (κ2) is 15.4. The zero-order chi connectivity index (χ0) is 44.8. The normalized spacial score (nSPS) is 36.9. The molecule has 2 aliphatic heterocycles. The summed E-state index contributed by atoms with van der Waals surface area (Å²) < 4.78 is 42.5. The van der Waals surface area contributed by atoms with Crippen LogP contribution in [0.15, 0.2) is 41.5 Å². The van der Waals surface area contributed by atoms with Crippen molar-refractivity contribution < 1.29 is 72.5 Å². The van der Waals surface area contributed by atoms with Crippen molar-refractivity contribution in [2.24, 2.45) is 22.7 Å². The van der Waals surface area contributed by atoms with Gasteiger partial charge in [0.2, 0.25) is 0 Å². The van der Waals surface area contributed by atoms with Crippen LogP contribution < -0.4 is 5.32 Å². The number of rotatable bonds is 11. The van der Waals surface area contributed by atoms with Crippen LogP contribution in [0.5, 0.6) is 0 Å². The fourth-order valence-electron chi connectivity index (χ4n) is 10.4. The molecule has 0 spiro atoms. The molecular formula is C45H61NO15. The van der Waals surface area contributed by atoms with Gasteiger partial charge in [0.25, 0.3) is 0 Å². The Labute approximate surface area is 355 Å². The first-order valence-electron chi connectivity index (χ1n) is 21.2. The number of carbonyl (C=O) groups excluding carboxylic acids is 5. The van der Waals surface area contributed by atoms with Gasteiger partial charge < -0.3 is 53.8 Å². The number of hydrogen-bond donors (Lipinski definition) is 4. The van der Waals surface area contributed by atoms with Crippen molar-refractivity contribution >= 4 is 29.8 Å². The molecule has 16 nitrogen and oxygen atoms in total. The summed E-state index contributed by atoms with van der Waals surface area (Å²) in [5, 5.41) is 40.2. The minimum absolute atomic E-state index is 0.0983. The van der Waals surface area contributed by atoms with Crippen LogP contribution in [0.1, 0.15) is 100 Å². The van der Waals surface area contributed by atoms with E-state index in [1.165, 1.54) is 13.8 Å². The summed E-state index contributed by atoms with van der Waals surface area (Å²) in [4.78, 5) is 69.6. The molecule has 0 aromatic heterocycles. The first-order valence-corrected chi connectivity index (χ1v) is 21.2. The Balaban J connectivity index is 1.37. The van der Waals surface area contributed by atoms with Crippen molar-refractivity contribution in [3.63, 3.8) is 0 Å². The molecule has 12 atom stereocenters. The summed E-state index contributed by atoms with van der Waals surface area (Å²) in [6, 6.07) is 7.77. The van der Waals surface area contributed by atoms with Gasteiger partial charge in [0.05, 0.1) is 48.4 Å². The molecule has 61 heavy (non-hydrogen) atoms. The SMILES string of the molecule is CC(=O)O[C@@]12CO[C@@H]1C[C@H](O)[C@@]1(C)C(=O)[C@H](OC(=O)C3CC3)C3=C(C)[C@@H](OC(=O)[C@H](O)[C@@H](NC(=O)OC(C)(C)C)[C@@H]4OC4(C)C)C[C@@](O)([C@@H](OCc4ccccc4)C12)C3(C)C. The van der Waals surface area contributed by atoms with Crippen molar-refractivity contribution in [3.8, 4) is 0 Å². The summed E-state index contributed by atoms with van der Waals surface area (Å²) in [6.45, 7) is 15.9. The Kier molecular flexibility index (Phi) is 11.4. The van der Waals surface area contributed by atoms with Gasteiger partial charge in [0, 0.05) is 31.1 Å². The van der Waals surface area contributed by atoms with Gasteiger partial charge in [0.15, 0.2) is 23.6 Å². The fourth-order valence-corrected chi connectivity index (χ4v) is 10.4. The quantitative estimate of drug-likeness (QED) is 0.108. The van der Waals surface area contributed by atoms with E-state index in [1.807, 2.05) is 30.3 Å². The standard InChI is InChI=1S/C45H61NO15/c1-22-26(57-38(52)31(49)30(35-42(8,9)60-35)46-39(53)61-40(3,4)5)19-45(54)36(55-20-24-14-12-11-13-15-24)33-43(10,27(48)18-28-44(33,21-56-28)59-23(2)47)34(50)32(29(22)41(45,6)7)58-37(51)25-16-17-25/h11-15,25-28,30-33,35-36,48-49,54H,16-21H2,1-10H3,(H,46,53)/t26-,27-,28+,30+,31+,32+,33?,35-,36-,43+,44-,45+/m0/s1. The number of amides is 1. The molecule has 336 valence electrons. The van der Waals surface area contributed by atoms with E-state index in [9.17, 15) is 34.5 Å². The lowest BCUT2D eigenvalue weighted by Gasteiger charge is -2.67. The highest BCUT2D eigenvalue weighted by atomic mass is 16.6. The molecule has 1 aromatic rings. The molecule has 16 heteroatoms. The number of aliphatic hydroxyl groups is 3. The third-order valence-corrected chi connectivity index (χ3v) is 14.0. The molecule has 1 amide bonds. The zero-order valence-corrected chi connectivity index (χ0v) is 36.6. The number of epoxide rings is 1. The van der Waals surface area contributed by atoms with E-state index >= 15 is 4.79 Å². The number of carbonyl (C=O) groups is 5. The number of alkyl carbamates (subject to hydrolysis) is 1.